The van der Waals surface area contributed by atoms with Gasteiger partial charge in [-0.1, -0.05) is 28.1 Å². The van der Waals surface area contributed by atoms with Gasteiger partial charge in [-0.3, -0.25) is 10.1 Å². The highest BCUT2D eigenvalue weighted by Gasteiger charge is 2.62. The number of hydrogen-bond acceptors (Lipinski definition) is 6. The summed E-state index contributed by atoms with van der Waals surface area (Å²) in [6, 6.07) is 9.38. The van der Waals surface area contributed by atoms with Crippen molar-refractivity contribution in [3.8, 4) is 0 Å². The molecule has 3 unspecified atom stereocenters. The Balaban J connectivity index is 1.72. The maximum absolute atomic E-state index is 14.8. The van der Waals surface area contributed by atoms with E-state index >= 15 is 0 Å². The second kappa shape index (κ2) is 8.55. The zero-order valence-corrected chi connectivity index (χ0v) is 18.8. The lowest BCUT2D eigenvalue weighted by Crippen LogP contribution is -2.32. The molecule has 2 aromatic rings. The van der Waals surface area contributed by atoms with Gasteiger partial charge in [0.25, 0.3) is 15.7 Å². The van der Waals surface area contributed by atoms with E-state index in [0.29, 0.717) is 17.5 Å². The quantitative estimate of drug-likeness (QED) is 0.315. The summed E-state index contributed by atoms with van der Waals surface area (Å²) in [5.41, 5.74) is -1.72. The van der Waals surface area contributed by atoms with Gasteiger partial charge >= 0.3 is 0 Å². The summed E-state index contributed by atoms with van der Waals surface area (Å²) in [5.74, 6) is -0.586. The van der Waals surface area contributed by atoms with Crippen LogP contribution in [0.25, 0.3) is 0 Å². The predicted octanol–water partition coefficient (Wildman–Crippen LogP) is 3.94. The fourth-order valence-corrected chi connectivity index (χ4v) is 6.06. The molecule has 3 atom stereocenters. The number of benzene rings is 2. The topological polar surface area (TPSA) is 98.8 Å². The molecule has 2 heterocycles. The van der Waals surface area contributed by atoms with Crippen LogP contribution in [-0.4, -0.2) is 43.7 Å². The largest absolute Gasteiger partial charge is 0.353 e. The maximum atomic E-state index is 14.8. The van der Waals surface area contributed by atoms with Crippen LogP contribution in [0.4, 0.5) is 10.1 Å². The summed E-state index contributed by atoms with van der Waals surface area (Å²) >= 11 is 3.30. The Bertz CT molecular complexity index is 1110. The maximum Gasteiger partial charge on any atom is 0.289 e. The van der Waals surface area contributed by atoms with Crippen molar-refractivity contribution in [1.29, 1.82) is 0 Å². The Morgan fingerprint density at radius 1 is 1.29 bits per heavy atom. The molecule has 0 aliphatic carbocycles. The van der Waals surface area contributed by atoms with E-state index in [0.717, 1.165) is 23.2 Å². The Labute approximate surface area is 187 Å². The average Bonchev–Trinajstić information content (AvgIpc) is 3.51. The van der Waals surface area contributed by atoms with Crippen molar-refractivity contribution in [2.45, 2.75) is 36.0 Å². The summed E-state index contributed by atoms with van der Waals surface area (Å²) in [5, 5.41) is 11.4. The molecule has 166 valence electrons. The third kappa shape index (κ3) is 4.24. The van der Waals surface area contributed by atoms with Crippen molar-refractivity contribution < 1.29 is 27.2 Å². The van der Waals surface area contributed by atoms with E-state index in [1.54, 1.807) is 0 Å². The number of halogens is 2. The van der Waals surface area contributed by atoms with E-state index in [1.165, 1.54) is 36.4 Å². The summed E-state index contributed by atoms with van der Waals surface area (Å²) in [6.07, 6.45) is 2.00. The Morgan fingerprint density at radius 3 is 2.77 bits per heavy atom. The van der Waals surface area contributed by atoms with E-state index < -0.39 is 43.2 Å². The van der Waals surface area contributed by atoms with Crippen LogP contribution in [0.15, 0.2) is 51.8 Å². The number of nitro benzene ring substituents is 1. The van der Waals surface area contributed by atoms with Crippen LogP contribution in [0.1, 0.15) is 24.8 Å². The van der Waals surface area contributed by atoms with Gasteiger partial charge in [-0.25, -0.2) is 12.8 Å². The highest BCUT2D eigenvalue weighted by atomic mass is 79.9. The van der Waals surface area contributed by atoms with Gasteiger partial charge in [0, 0.05) is 29.3 Å². The molecule has 31 heavy (non-hydrogen) atoms. The normalized spacial score (nSPS) is 25.9. The number of nitro groups is 1. The molecule has 0 aromatic heterocycles. The number of rotatable bonds is 7. The van der Waals surface area contributed by atoms with Gasteiger partial charge in [-0.15, -0.1) is 0 Å². The fraction of sp³-hybridized carbons (Fsp3) is 0.400. The second-order valence-electron chi connectivity index (χ2n) is 7.50. The van der Waals surface area contributed by atoms with Gasteiger partial charge < -0.3 is 9.47 Å². The van der Waals surface area contributed by atoms with E-state index in [1.807, 2.05) is 0 Å². The van der Waals surface area contributed by atoms with Gasteiger partial charge in [0.2, 0.25) is 0 Å². The summed E-state index contributed by atoms with van der Waals surface area (Å²) in [4.78, 5) is 10.2. The number of ether oxygens (including phenoxy) is 2. The van der Waals surface area contributed by atoms with Gasteiger partial charge in [0.1, 0.15) is 11.4 Å². The number of nitrogens with zero attached hydrogens (tertiary/aromatic N) is 2. The van der Waals surface area contributed by atoms with Crippen LogP contribution in [0.2, 0.25) is 0 Å². The minimum atomic E-state index is -4.29. The lowest BCUT2D eigenvalue weighted by atomic mass is 9.99. The highest BCUT2D eigenvalue weighted by Crippen LogP contribution is 2.49. The van der Waals surface area contributed by atoms with Crippen LogP contribution in [-0.2, 0) is 25.0 Å². The SMILES string of the molecule is O=[N+]([O-])c1ccccc1S(=O)(=O)N1CC1(COC1CCCCO1)c1cc(Br)ccc1F. The van der Waals surface area contributed by atoms with Crippen LogP contribution in [0.3, 0.4) is 0 Å². The van der Waals surface area contributed by atoms with Gasteiger partial charge in [-0.2, -0.15) is 4.31 Å². The van der Waals surface area contributed by atoms with Gasteiger partial charge in [0.15, 0.2) is 11.2 Å². The van der Waals surface area contributed by atoms with Crippen molar-refractivity contribution in [3.05, 3.63) is 68.4 Å². The summed E-state index contributed by atoms with van der Waals surface area (Å²) in [7, 11) is -4.29. The molecule has 2 aromatic carbocycles. The van der Waals surface area contributed by atoms with E-state index in [2.05, 4.69) is 15.9 Å². The monoisotopic (exact) mass is 514 g/mol. The first-order chi connectivity index (χ1) is 14.8. The fourth-order valence-electron chi connectivity index (χ4n) is 3.80. The first-order valence-corrected chi connectivity index (χ1v) is 11.9. The number of sulfonamides is 1. The zero-order chi connectivity index (χ0) is 22.2. The average molecular weight is 515 g/mol. The Kier molecular flexibility index (Phi) is 6.14. The molecule has 0 bridgehead atoms. The number of para-hydroxylation sites is 1. The first-order valence-electron chi connectivity index (χ1n) is 9.71. The van der Waals surface area contributed by atoms with Crippen molar-refractivity contribution in [1.82, 2.24) is 4.31 Å². The van der Waals surface area contributed by atoms with Crippen molar-refractivity contribution >= 4 is 31.6 Å². The van der Waals surface area contributed by atoms with Crippen LogP contribution in [0.5, 0.6) is 0 Å². The lowest BCUT2D eigenvalue weighted by molar-refractivity contribution is -0.387. The summed E-state index contributed by atoms with van der Waals surface area (Å²) in [6.45, 7) is 0.341. The number of hydrogen-bond donors (Lipinski definition) is 0. The Morgan fingerprint density at radius 2 is 2.06 bits per heavy atom. The second-order valence-corrected chi connectivity index (χ2v) is 10.2. The van der Waals surface area contributed by atoms with Gasteiger partial charge in [0.05, 0.1) is 11.5 Å². The molecule has 4 rings (SSSR count). The van der Waals surface area contributed by atoms with E-state index in [4.69, 9.17) is 9.47 Å². The van der Waals surface area contributed by atoms with E-state index in [-0.39, 0.29) is 18.7 Å². The molecule has 0 saturated carbocycles. The minimum absolute atomic E-state index is 0.0680. The summed E-state index contributed by atoms with van der Waals surface area (Å²) < 4.78 is 54.6. The zero-order valence-electron chi connectivity index (χ0n) is 16.4. The molecular weight excluding hydrogens is 495 g/mol. The minimum Gasteiger partial charge on any atom is -0.353 e. The molecule has 2 fully saturated rings. The molecule has 2 aliphatic heterocycles. The standard InChI is InChI=1S/C20H20BrFN2O6S/c21-14-8-9-16(22)15(11-14)20(13-30-19-7-3-4-10-29-19)12-23(20)31(27,28)18-6-2-1-5-17(18)24(25)26/h1-2,5-6,8-9,11,19H,3-4,7,10,12-13H2. The third-order valence-electron chi connectivity index (χ3n) is 5.48. The molecule has 0 spiro atoms. The predicted molar refractivity (Wildman–Crippen MR) is 112 cm³/mol. The molecule has 2 saturated heterocycles. The molecular formula is C20H20BrFN2O6S. The first kappa shape index (κ1) is 22.3. The molecule has 2 aliphatic rings. The van der Waals surface area contributed by atoms with Crippen molar-refractivity contribution in [3.63, 3.8) is 0 Å². The molecule has 11 heteroatoms. The molecule has 8 nitrogen and oxygen atoms in total. The smallest absolute Gasteiger partial charge is 0.289 e. The van der Waals surface area contributed by atoms with Crippen molar-refractivity contribution in [2.24, 2.45) is 0 Å². The lowest BCUT2D eigenvalue weighted by Gasteiger charge is -2.26. The Hall–Kier alpha value is -1.92. The van der Waals surface area contributed by atoms with Crippen molar-refractivity contribution in [2.75, 3.05) is 19.8 Å². The third-order valence-corrected chi connectivity index (χ3v) is 7.94. The molecule has 0 amide bonds. The van der Waals surface area contributed by atoms with Gasteiger partial charge in [-0.05, 0) is 43.5 Å². The van der Waals surface area contributed by atoms with Crippen LogP contribution in [0, 0.1) is 15.9 Å². The highest BCUT2D eigenvalue weighted by molar-refractivity contribution is 9.10. The van der Waals surface area contributed by atoms with Crippen LogP contribution < -0.4 is 0 Å². The van der Waals surface area contributed by atoms with Crippen LogP contribution >= 0.6 is 15.9 Å². The molecule has 0 radical (unpaired) electrons. The van der Waals surface area contributed by atoms with E-state index in [9.17, 15) is 22.9 Å². The molecule has 0 N–H and O–H groups in total.